The van der Waals surface area contributed by atoms with E-state index in [9.17, 15) is 83.1 Å². The molecule has 6 atom stereocenters. The van der Waals surface area contributed by atoms with Gasteiger partial charge in [0.1, 0.15) is 36.9 Å². The van der Waals surface area contributed by atoms with Crippen LogP contribution in [0, 0.1) is 17.8 Å². The number of rotatable bonds is 60. The van der Waals surface area contributed by atoms with Gasteiger partial charge in [0.25, 0.3) is 0 Å². The highest BCUT2D eigenvalue weighted by Crippen LogP contribution is 2.19. The monoisotopic (exact) mass is 1220 g/mol. The SMILES string of the molecule is C[C@@H](CCCCNC(=O)CC[C@H](NC(=O)COCCOCCCC(=O)COCCOCCNC(=O)CC[C@H](CC(=O)CC[C@H](NC(=O)CCCCCCCCCCCCCCCCC(=O)O)C(=O)O)C(=O)O)C(=O)O)C(=O)C[C@H](C(=O)O)[C@@H](C)O.[HH]. The van der Waals surface area contributed by atoms with Crippen molar-refractivity contribution in [1.29, 1.82) is 0 Å². The number of hydrogen-bond donors (Lipinski definition) is 10. The number of ketones is 3. The van der Waals surface area contributed by atoms with E-state index in [1.165, 1.54) is 32.6 Å². The molecule has 85 heavy (non-hydrogen) atoms. The van der Waals surface area contributed by atoms with Crippen molar-refractivity contribution in [1.82, 2.24) is 21.3 Å². The summed E-state index contributed by atoms with van der Waals surface area (Å²) < 4.78 is 21.4. The van der Waals surface area contributed by atoms with Crippen LogP contribution in [0.25, 0.3) is 0 Å². The second kappa shape index (κ2) is 51.3. The van der Waals surface area contributed by atoms with E-state index in [0.29, 0.717) is 32.1 Å². The fraction of sp³-hybridized carbons (Fsp3) is 0.797. The molecule has 0 heterocycles. The number of aliphatic hydroxyl groups is 1. The summed E-state index contributed by atoms with van der Waals surface area (Å²) in [6.45, 7) is 3.43. The maximum Gasteiger partial charge on any atom is 0.326 e. The van der Waals surface area contributed by atoms with E-state index in [-0.39, 0.29) is 137 Å². The fourth-order valence-corrected chi connectivity index (χ4v) is 8.80. The van der Waals surface area contributed by atoms with Crippen LogP contribution in [0.5, 0.6) is 0 Å². The third-order valence-electron chi connectivity index (χ3n) is 14.0. The molecule has 0 fully saturated rings. The predicted octanol–water partition coefficient (Wildman–Crippen LogP) is 5.19. The summed E-state index contributed by atoms with van der Waals surface area (Å²) >= 11 is 0. The largest absolute Gasteiger partial charge is 0.481 e. The van der Waals surface area contributed by atoms with Crippen molar-refractivity contribution in [2.24, 2.45) is 17.8 Å². The summed E-state index contributed by atoms with van der Waals surface area (Å²) in [7, 11) is 0. The Kier molecular flexibility index (Phi) is 47.7. The first-order valence-electron chi connectivity index (χ1n) is 30.3. The summed E-state index contributed by atoms with van der Waals surface area (Å²) in [6, 6.07) is -2.63. The second-order valence-electron chi connectivity index (χ2n) is 21.6. The Morgan fingerprint density at radius 2 is 0.871 bits per heavy atom. The zero-order valence-corrected chi connectivity index (χ0v) is 50.3. The number of ether oxygens (including phenoxy) is 4. The van der Waals surface area contributed by atoms with E-state index in [1.54, 1.807) is 6.92 Å². The van der Waals surface area contributed by atoms with Gasteiger partial charge in [0.05, 0.1) is 51.0 Å². The molecular weight excluding hydrogens is 1120 g/mol. The maximum atomic E-state index is 12.7. The van der Waals surface area contributed by atoms with Gasteiger partial charge in [-0.3, -0.25) is 47.9 Å². The molecule has 0 bridgehead atoms. The van der Waals surface area contributed by atoms with Gasteiger partial charge in [-0.25, -0.2) is 9.59 Å². The van der Waals surface area contributed by atoms with Gasteiger partial charge in [-0.2, -0.15) is 0 Å². The minimum absolute atomic E-state index is 0. The molecule has 0 aromatic carbocycles. The molecular formula is C59H102N4O22. The molecule has 0 rings (SSSR count). The zero-order chi connectivity index (χ0) is 63.6. The summed E-state index contributed by atoms with van der Waals surface area (Å²) in [5.74, 6) is -11.6. The van der Waals surface area contributed by atoms with Crippen LogP contribution in [0.3, 0.4) is 0 Å². The van der Waals surface area contributed by atoms with Crippen LogP contribution in [0.15, 0.2) is 0 Å². The number of unbranched alkanes of at least 4 members (excludes halogenated alkanes) is 14. The van der Waals surface area contributed by atoms with Crippen molar-refractivity contribution in [3.63, 3.8) is 0 Å². The van der Waals surface area contributed by atoms with E-state index in [1.807, 2.05) is 0 Å². The Balaban J connectivity index is 0. The Labute approximate surface area is 501 Å². The summed E-state index contributed by atoms with van der Waals surface area (Å²) in [5.41, 5.74) is 0. The van der Waals surface area contributed by atoms with Gasteiger partial charge >= 0.3 is 29.8 Å². The molecule has 0 saturated heterocycles. The normalized spacial score (nSPS) is 13.3. The Bertz CT molecular complexity index is 1990. The highest BCUT2D eigenvalue weighted by molar-refractivity contribution is 5.88. The molecule has 0 aromatic rings. The lowest BCUT2D eigenvalue weighted by atomic mass is 9.89. The van der Waals surface area contributed by atoms with E-state index in [0.717, 1.165) is 57.8 Å². The minimum atomic E-state index is -1.34. The molecule has 10 N–H and O–H groups in total. The predicted molar refractivity (Wildman–Crippen MR) is 310 cm³/mol. The molecule has 0 aliphatic rings. The molecule has 0 aliphatic heterocycles. The minimum Gasteiger partial charge on any atom is -0.481 e. The standard InChI is InChI=1S/C59H100N4O22.H2/c1-42(50(67)39-47(43(2)64)57(76)77)20-17-18-30-60-52(69)29-27-49(59(80)81)63-54(71)41-85-37-34-82-32-19-21-46(66)40-84-36-35-83-33-31-61-51(68)28-24-44(56(74)75)38-45(65)25-26-48(58(78)79)62-53(70)22-15-13-11-9-7-5-3-4-6-8-10-12-14-16-23-55(72)73;/h42-44,47-49,64H,3-41H2,1-2H3,(H,60,69)(H,61,68)(H,62,70)(H,63,71)(H,72,73)(H,74,75)(H,76,77)(H,78,79)(H,80,81);1H/t42-,43+,44+,47-,48-,49-;/m0./s1. The van der Waals surface area contributed by atoms with Crippen molar-refractivity contribution < 1.29 is 109 Å². The van der Waals surface area contributed by atoms with Crippen molar-refractivity contribution in [3.8, 4) is 0 Å². The molecule has 26 heteroatoms. The molecule has 4 amide bonds. The van der Waals surface area contributed by atoms with Gasteiger partial charge in [0.15, 0.2) is 5.78 Å². The molecule has 26 nitrogen and oxygen atoms in total. The van der Waals surface area contributed by atoms with Gasteiger partial charge in [-0.05, 0) is 58.3 Å². The van der Waals surface area contributed by atoms with E-state index in [2.05, 4.69) is 21.3 Å². The highest BCUT2D eigenvalue weighted by Gasteiger charge is 2.29. The second-order valence-corrected chi connectivity index (χ2v) is 21.6. The lowest BCUT2D eigenvalue weighted by Crippen LogP contribution is -2.43. The molecule has 0 aliphatic carbocycles. The molecule has 0 spiro atoms. The average Bonchev–Trinajstić information content (AvgIpc) is 3.59. The number of amides is 4. The van der Waals surface area contributed by atoms with Gasteiger partial charge < -0.3 is 70.9 Å². The van der Waals surface area contributed by atoms with Gasteiger partial charge in [0, 0.05) is 78.4 Å². The number of Topliss-reactive ketones (excluding diaryl/α,β-unsaturated/α-hetero) is 3. The quantitative estimate of drug-likeness (QED) is 0.0350. The molecule has 0 unspecified atom stereocenters. The van der Waals surface area contributed by atoms with Crippen molar-refractivity contribution in [2.45, 2.75) is 218 Å². The van der Waals surface area contributed by atoms with Crippen molar-refractivity contribution >= 4 is 70.8 Å². The molecule has 0 aromatic heterocycles. The first-order valence-corrected chi connectivity index (χ1v) is 30.3. The van der Waals surface area contributed by atoms with Gasteiger partial charge in [-0.15, -0.1) is 0 Å². The Morgan fingerprint density at radius 3 is 1.40 bits per heavy atom. The van der Waals surface area contributed by atoms with Crippen LogP contribution < -0.4 is 21.3 Å². The van der Waals surface area contributed by atoms with E-state index in [4.69, 9.17) is 24.1 Å². The Hall–Kier alpha value is -5.96. The first kappa shape index (κ1) is 79.0. The van der Waals surface area contributed by atoms with Crippen LogP contribution >= 0.6 is 0 Å². The number of carbonyl (C=O) groups is 12. The summed E-state index contributed by atoms with van der Waals surface area (Å²) in [4.78, 5) is 144. The van der Waals surface area contributed by atoms with Crippen LogP contribution in [-0.4, -0.2) is 186 Å². The number of carbonyl (C=O) groups excluding carboxylic acids is 7. The van der Waals surface area contributed by atoms with E-state index < -0.39 is 108 Å². The van der Waals surface area contributed by atoms with Crippen molar-refractivity contribution in [3.05, 3.63) is 0 Å². The summed E-state index contributed by atoms with van der Waals surface area (Å²) in [5, 5.41) is 66.3. The van der Waals surface area contributed by atoms with Crippen LogP contribution in [0.4, 0.5) is 0 Å². The number of carboxylic acids is 5. The topological polar surface area (TPSA) is 411 Å². The number of aliphatic hydroxyl groups excluding tert-OH is 1. The van der Waals surface area contributed by atoms with Crippen LogP contribution in [-0.2, 0) is 76.5 Å². The van der Waals surface area contributed by atoms with Crippen molar-refractivity contribution in [2.75, 3.05) is 65.9 Å². The Morgan fingerprint density at radius 1 is 0.388 bits per heavy atom. The summed E-state index contributed by atoms with van der Waals surface area (Å²) in [6.07, 6.45) is 14.0. The van der Waals surface area contributed by atoms with Crippen LogP contribution in [0.2, 0.25) is 0 Å². The lowest BCUT2D eigenvalue weighted by Gasteiger charge is -2.17. The number of nitrogens with one attached hydrogen (secondary N) is 4. The average molecular weight is 1220 g/mol. The third kappa shape index (κ3) is 46.9. The van der Waals surface area contributed by atoms with Gasteiger partial charge in [-0.1, -0.05) is 90.4 Å². The third-order valence-corrected chi connectivity index (χ3v) is 14.0. The van der Waals surface area contributed by atoms with Crippen LogP contribution in [0.1, 0.15) is 201 Å². The lowest BCUT2D eigenvalue weighted by molar-refractivity contribution is -0.148. The van der Waals surface area contributed by atoms with Gasteiger partial charge in [0.2, 0.25) is 23.6 Å². The fourth-order valence-electron chi connectivity index (χ4n) is 8.80. The highest BCUT2D eigenvalue weighted by atomic mass is 16.5. The number of hydrogen-bond acceptors (Lipinski definition) is 17. The zero-order valence-electron chi connectivity index (χ0n) is 50.3. The molecule has 490 valence electrons. The number of aliphatic carboxylic acids is 5. The molecule has 0 radical (unpaired) electrons. The molecule has 0 saturated carbocycles. The van der Waals surface area contributed by atoms with E-state index >= 15 is 0 Å². The number of carboxylic acid groups (broad SMARTS) is 5. The maximum absolute atomic E-state index is 12.7. The smallest absolute Gasteiger partial charge is 0.326 e. The first-order chi connectivity index (χ1) is 40.5.